The van der Waals surface area contributed by atoms with E-state index in [1.165, 1.54) is 56.9 Å². The number of aliphatic imine (C=N–C) groups is 1. The Morgan fingerprint density at radius 1 is 0.800 bits per heavy atom. The first-order chi connectivity index (χ1) is 14.7. The van der Waals surface area contributed by atoms with Crippen LogP contribution in [0.25, 0.3) is 0 Å². The number of hydrogen-bond acceptors (Lipinski definition) is 1. The molecule has 0 spiro atoms. The third-order valence-electron chi connectivity index (χ3n) is 5.37. The van der Waals surface area contributed by atoms with Gasteiger partial charge in [-0.3, -0.25) is 4.99 Å². The van der Waals surface area contributed by atoms with Crippen molar-refractivity contribution in [2.75, 3.05) is 0 Å². The first kappa shape index (κ1) is 23.9. The minimum absolute atomic E-state index is 0.438. The fourth-order valence-electron chi connectivity index (χ4n) is 4.03. The fraction of sp³-hybridized carbons (Fsp3) is 0.240. The summed E-state index contributed by atoms with van der Waals surface area (Å²) < 4.78 is 0. The zero-order chi connectivity index (χ0) is 21.3. The average molecular weight is 590 g/mol. The van der Waals surface area contributed by atoms with Gasteiger partial charge in [0.05, 0.1) is 5.69 Å². The van der Waals surface area contributed by atoms with Crippen LogP contribution in [0.5, 0.6) is 0 Å². The Labute approximate surface area is 201 Å². The second kappa shape index (κ2) is 12.3. The standard InChI is InChI=1S/C25H26NP.2BrH.Ni/c1-19-11-9-12-20(2)25(19)26-23-17-10-18-24(23)27(21-13-5-3-6-14-21)22-15-7-4-8-16-22;;;/h3-9,11-16,24H,10,17-18H2,1-2H3;2*1H;/q;;;+2/p-2. The summed E-state index contributed by atoms with van der Waals surface area (Å²) in [7, 11) is 0.812. The second-order valence-corrected chi connectivity index (χ2v) is 14.7. The van der Waals surface area contributed by atoms with Crippen LogP contribution in [0, 0.1) is 13.8 Å². The van der Waals surface area contributed by atoms with Crippen molar-refractivity contribution in [2.45, 2.75) is 38.8 Å². The van der Waals surface area contributed by atoms with Crippen LogP contribution in [0.15, 0.2) is 83.9 Å². The van der Waals surface area contributed by atoms with Crippen LogP contribution < -0.4 is 10.6 Å². The van der Waals surface area contributed by atoms with Gasteiger partial charge in [-0.15, -0.1) is 0 Å². The molecule has 1 aliphatic carbocycles. The molecule has 1 unspecified atom stereocenters. The third-order valence-corrected chi connectivity index (χ3v) is 8.26. The molecular weight excluding hydrogens is 564 g/mol. The van der Waals surface area contributed by atoms with E-state index in [0.29, 0.717) is 5.66 Å². The van der Waals surface area contributed by atoms with Crippen LogP contribution in [-0.4, -0.2) is 11.4 Å². The Kier molecular flexibility index (Phi) is 9.79. The van der Waals surface area contributed by atoms with Crippen LogP contribution in [0.1, 0.15) is 30.4 Å². The van der Waals surface area contributed by atoms with Gasteiger partial charge in [-0.05, 0) is 62.8 Å². The van der Waals surface area contributed by atoms with Gasteiger partial charge >= 0.3 is 39.3 Å². The normalized spacial score (nSPS) is 17.2. The van der Waals surface area contributed by atoms with E-state index in [2.05, 4.69) is 121 Å². The topological polar surface area (TPSA) is 12.4 Å². The number of hydrogen-bond donors (Lipinski definition) is 0. The van der Waals surface area contributed by atoms with Gasteiger partial charge in [0, 0.05) is 11.4 Å². The minimum atomic E-state index is -0.438. The monoisotopic (exact) mass is 587 g/mol. The first-order valence-corrected chi connectivity index (χ1v) is 16.3. The zero-order valence-corrected chi connectivity index (χ0v) is 22.2. The molecular formula is C25H26Br2NNiP. The van der Waals surface area contributed by atoms with E-state index in [0.717, 1.165) is 6.42 Å². The van der Waals surface area contributed by atoms with Crippen LogP contribution in [-0.2, 0) is 10.9 Å². The van der Waals surface area contributed by atoms with Crippen molar-refractivity contribution in [3.8, 4) is 0 Å². The van der Waals surface area contributed by atoms with Crippen molar-refractivity contribution >= 4 is 58.4 Å². The Hall–Kier alpha value is -0.786. The Bertz CT molecular complexity index is 904. The molecule has 0 saturated heterocycles. The number of nitrogens with zero attached hydrogens (tertiary/aromatic N) is 1. The van der Waals surface area contributed by atoms with Gasteiger partial charge in [-0.2, -0.15) is 0 Å². The number of aryl methyl sites for hydroxylation is 2. The van der Waals surface area contributed by atoms with E-state index in [4.69, 9.17) is 4.99 Å². The summed E-state index contributed by atoms with van der Waals surface area (Å²) >= 11 is 6.00. The number of rotatable bonds is 4. The molecule has 1 atom stereocenters. The van der Waals surface area contributed by atoms with Gasteiger partial charge in [0.1, 0.15) is 0 Å². The van der Waals surface area contributed by atoms with Crippen molar-refractivity contribution in [3.05, 3.63) is 90.0 Å². The van der Waals surface area contributed by atoms with Gasteiger partial charge in [-0.25, -0.2) is 0 Å². The predicted octanol–water partition coefficient (Wildman–Crippen LogP) is 7.75. The molecule has 0 aromatic heterocycles. The van der Waals surface area contributed by atoms with Gasteiger partial charge in [-0.1, -0.05) is 78.9 Å². The molecule has 3 aromatic rings. The molecule has 1 nitrogen and oxygen atoms in total. The van der Waals surface area contributed by atoms with Crippen molar-refractivity contribution in [1.82, 2.24) is 0 Å². The summed E-state index contributed by atoms with van der Waals surface area (Å²) in [5, 5.41) is 2.92. The third kappa shape index (κ3) is 6.13. The number of halogens is 2. The van der Waals surface area contributed by atoms with E-state index < -0.39 is 7.92 Å². The molecule has 0 heterocycles. The van der Waals surface area contributed by atoms with E-state index in [1.807, 2.05) is 0 Å². The molecule has 0 aliphatic heterocycles. The Morgan fingerprint density at radius 2 is 1.30 bits per heavy atom. The van der Waals surface area contributed by atoms with Crippen molar-refractivity contribution in [2.24, 2.45) is 4.99 Å². The molecule has 30 heavy (non-hydrogen) atoms. The molecule has 5 heteroatoms. The van der Waals surface area contributed by atoms with Crippen molar-refractivity contribution in [1.29, 1.82) is 0 Å². The van der Waals surface area contributed by atoms with E-state index in [-0.39, 0.29) is 0 Å². The summed E-state index contributed by atoms with van der Waals surface area (Å²) in [5.74, 6) is 0. The van der Waals surface area contributed by atoms with Crippen LogP contribution >= 0.6 is 36.4 Å². The number of benzene rings is 3. The fourth-order valence-corrected chi connectivity index (χ4v) is 6.96. The number of para-hydroxylation sites is 1. The Balaban J connectivity index is 0.000000806. The molecule has 1 saturated carbocycles. The van der Waals surface area contributed by atoms with E-state index in [1.54, 1.807) is 0 Å². The van der Waals surface area contributed by atoms with Crippen molar-refractivity contribution < 1.29 is 10.9 Å². The van der Waals surface area contributed by atoms with Crippen molar-refractivity contribution in [3.63, 3.8) is 0 Å². The van der Waals surface area contributed by atoms with Gasteiger partial charge in [0.2, 0.25) is 0 Å². The van der Waals surface area contributed by atoms with Crippen LogP contribution in [0.2, 0.25) is 0 Å². The summed E-state index contributed by atoms with van der Waals surface area (Å²) in [6.45, 7) is 4.35. The molecule has 1 aliphatic rings. The first-order valence-electron chi connectivity index (χ1n) is 10.0. The quantitative estimate of drug-likeness (QED) is 0.218. The molecule has 3 aromatic carbocycles. The van der Waals surface area contributed by atoms with Crippen LogP contribution in [0.4, 0.5) is 5.69 Å². The summed E-state index contributed by atoms with van der Waals surface area (Å²) in [6.07, 6.45) is 3.60. The summed E-state index contributed by atoms with van der Waals surface area (Å²) in [5.41, 5.74) is 5.65. The molecule has 0 radical (unpaired) electrons. The van der Waals surface area contributed by atoms with Gasteiger partial charge < -0.3 is 0 Å². The van der Waals surface area contributed by atoms with Crippen LogP contribution in [0.3, 0.4) is 0 Å². The maximum absolute atomic E-state index is 5.24. The molecule has 0 bridgehead atoms. The average Bonchev–Trinajstić information content (AvgIpc) is 3.21. The molecule has 4 rings (SSSR count). The zero-order valence-electron chi connectivity index (χ0n) is 17.2. The molecule has 0 N–H and O–H groups in total. The summed E-state index contributed by atoms with van der Waals surface area (Å²) in [4.78, 5) is 5.24. The molecule has 1 fully saturated rings. The van der Waals surface area contributed by atoms with Gasteiger partial charge in [0.15, 0.2) is 0 Å². The molecule has 160 valence electrons. The van der Waals surface area contributed by atoms with Gasteiger partial charge in [0.25, 0.3) is 0 Å². The summed E-state index contributed by atoms with van der Waals surface area (Å²) in [6, 6.07) is 28.6. The predicted molar refractivity (Wildman–Crippen MR) is 138 cm³/mol. The Morgan fingerprint density at radius 3 is 1.80 bits per heavy atom. The van der Waals surface area contributed by atoms with E-state index >= 15 is 0 Å². The van der Waals surface area contributed by atoms with E-state index in [9.17, 15) is 0 Å². The SMILES string of the molecule is Cc1cccc(C)c1N=C1CCCC1P(c1ccccc1)c1ccccc1.[Br][Ni][Br]. The molecule has 0 amide bonds. The second-order valence-electron chi connectivity index (χ2n) is 7.34. The maximum atomic E-state index is 5.24.